The van der Waals surface area contributed by atoms with Crippen molar-refractivity contribution in [3.63, 3.8) is 0 Å². The predicted molar refractivity (Wildman–Crippen MR) is 80.0 cm³/mol. The van der Waals surface area contributed by atoms with Gasteiger partial charge in [-0.1, -0.05) is 0 Å². The van der Waals surface area contributed by atoms with Gasteiger partial charge in [0.05, 0.1) is 16.9 Å². The summed E-state index contributed by atoms with van der Waals surface area (Å²) < 4.78 is 38.5. The molecule has 1 aromatic rings. The van der Waals surface area contributed by atoms with E-state index in [2.05, 4.69) is 17.9 Å². The van der Waals surface area contributed by atoms with E-state index >= 15 is 0 Å². The first-order valence-corrected chi connectivity index (χ1v) is 7.42. The number of rotatable bonds is 4. The van der Waals surface area contributed by atoms with Gasteiger partial charge in [-0.3, -0.25) is 4.79 Å². The summed E-state index contributed by atoms with van der Waals surface area (Å²) in [7, 11) is 0. The van der Waals surface area contributed by atoms with Gasteiger partial charge in [0, 0.05) is 19.5 Å². The van der Waals surface area contributed by atoms with Gasteiger partial charge >= 0.3 is 6.18 Å². The van der Waals surface area contributed by atoms with E-state index in [1.807, 2.05) is 4.90 Å². The van der Waals surface area contributed by atoms with E-state index in [1.165, 1.54) is 6.07 Å². The Morgan fingerprint density at radius 3 is 2.52 bits per heavy atom. The van der Waals surface area contributed by atoms with Crippen LogP contribution in [-0.4, -0.2) is 24.7 Å². The first kappa shape index (κ1) is 16.0. The normalized spacial score (nSPS) is 15.3. The van der Waals surface area contributed by atoms with Crippen LogP contribution in [0.5, 0.6) is 0 Å². The van der Waals surface area contributed by atoms with Crippen molar-refractivity contribution >= 4 is 29.9 Å². The zero-order chi connectivity index (χ0) is 15.5. The number of nitrogens with zero attached hydrogens (tertiary/aromatic N) is 1. The maximum Gasteiger partial charge on any atom is 0.416 e. The van der Waals surface area contributed by atoms with E-state index in [0.717, 1.165) is 38.1 Å². The van der Waals surface area contributed by atoms with Crippen LogP contribution < -0.4 is 10.2 Å². The molecule has 0 radical (unpaired) electrons. The summed E-state index contributed by atoms with van der Waals surface area (Å²) in [4.78, 5) is 13.7. The fourth-order valence-corrected chi connectivity index (χ4v) is 2.56. The van der Waals surface area contributed by atoms with E-state index in [4.69, 9.17) is 0 Å². The Bertz CT molecular complexity index is 513. The molecule has 0 saturated carbocycles. The van der Waals surface area contributed by atoms with Crippen LogP contribution in [0.4, 0.5) is 24.5 Å². The lowest BCUT2D eigenvalue weighted by atomic mass is 10.1. The van der Waals surface area contributed by atoms with Gasteiger partial charge in [-0.2, -0.15) is 25.8 Å². The van der Waals surface area contributed by atoms with Crippen LogP contribution in [0.2, 0.25) is 0 Å². The Morgan fingerprint density at radius 1 is 1.29 bits per heavy atom. The van der Waals surface area contributed by atoms with Crippen LogP contribution in [0.1, 0.15) is 24.8 Å². The minimum atomic E-state index is -4.42. The van der Waals surface area contributed by atoms with Crippen LogP contribution >= 0.6 is 12.6 Å². The van der Waals surface area contributed by atoms with Crippen molar-refractivity contribution in [1.29, 1.82) is 0 Å². The second-order valence-electron chi connectivity index (χ2n) is 4.95. The van der Waals surface area contributed by atoms with Crippen molar-refractivity contribution in [2.24, 2.45) is 0 Å². The van der Waals surface area contributed by atoms with Crippen LogP contribution in [0.15, 0.2) is 18.2 Å². The predicted octanol–water partition coefficient (Wildman–Crippen LogP) is 3.56. The molecule has 21 heavy (non-hydrogen) atoms. The first-order valence-electron chi connectivity index (χ1n) is 6.78. The highest BCUT2D eigenvalue weighted by atomic mass is 32.1. The number of halogens is 3. The lowest BCUT2D eigenvalue weighted by molar-refractivity contribution is -0.137. The molecule has 1 fully saturated rings. The lowest BCUT2D eigenvalue weighted by Crippen LogP contribution is -2.22. The van der Waals surface area contributed by atoms with Crippen molar-refractivity contribution in [2.75, 3.05) is 29.1 Å². The molecule has 1 amide bonds. The zero-order valence-corrected chi connectivity index (χ0v) is 12.3. The topological polar surface area (TPSA) is 32.3 Å². The molecule has 1 saturated heterocycles. The number of thiol groups is 1. The molecule has 0 aliphatic carbocycles. The summed E-state index contributed by atoms with van der Waals surface area (Å²) in [6.07, 6.45) is -2.25. The quantitative estimate of drug-likeness (QED) is 0.832. The Kier molecular flexibility index (Phi) is 5.03. The fourth-order valence-electron chi connectivity index (χ4n) is 2.36. The van der Waals surface area contributed by atoms with Gasteiger partial charge < -0.3 is 10.2 Å². The van der Waals surface area contributed by atoms with Gasteiger partial charge in [-0.15, -0.1) is 0 Å². The number of nitrogens with one attached hydrogen (secondary N) is 1. The third-order valence-corrected chi connectivity index (χ3v) is 3.61. The molecule has 2 rings (SSSR count). The maximum atomic E-state index is 12.8. The van der Waals surface area contributed by atoms with Crippen molar-refractivity contribution < 1.29 is 18.0 Å². The lowest BCUT2D eigenvalue weighted by Gasteiger charge is -2.22. The molecule has 0 aromatic heterocycles. The monoisotopic (exact) mass is 318 g/mol. The minimum absolute atomic E-state index is 0.165. The second-order valence-corrected chi connectivity index (χ2v) is 5.39. The molecular formula is C14H17F3N2OS. The van der Waals surface area contributed by atoms with Crippen LogP contribution in [0.3, 0.4) is 0 Å². The first-order chi connectivity index (χ1) is 9.91. The third-order valence-electron chi connectivity index (χ3n) is 3.38. The number of carbonyl (C=O) groups excluding carboxylic acids is 1. The molecule has 7 heteroatoms. The van der Waals surface area contributed by atoms with Gasteiger partial charge in [0.2, 0.25) is 5.91 Å². The summed E-state index contributed by atoms with van der Waals surface area (Å²) >= 11 is 3.95. The molecule has 0 spiro atoms. The zero-order valence-electron chi connectivity index (χ0n) is 11.4. The summed E-state index contributed by atoms with van der Waals surface area (Å²) in [5.41, 5.74) is 0.109. The molecule has 3 nitrogen and oxygen atoms in total. The average Bonchev–Trinajstić information content (AvgIpc) is 2.91. The number of amides is 1. The summed E-state index contributed by atoms with van der Waals surface area (Å²) in [5, 5.41) is 2.57. The van der Waals surface area contributed by atoms with Crippen molar-refractivity contribution in [3.8, 4) is 0 Å². The fraction of sp³-hybridized carbons (Fsp3) is 0.500. The number of carbonyl (C=O) groups is 1. The molecule has 1 aliphatic rings. The molecular weight excluding hydrogens is 301 g/mol. The number of anilines is 2. The van der Waals surface area contributed by atoms with Gasteiger partial charge in [-0.25, -0.2) is 0 Å². The van der Waals surface area contributed by atoms with E-state index in [-0.39, 0.29) is 18.0 Å². The van der Waals surface area contributed by atoms with Crippen molar-refractivity contribution in [2.45, 2.75) is 25.4 Å². The molecule has 0 bridgehead atoms. The standard InChI is InChI=1S/C14H17F3N2OS/c15-14(16,17)10-3-4-12(19-6-1-2-7-19)11(9-10)18-13(20)5-8-21/h3-4,9,21H,1-2,5-8H2,(H,18,20). The number of hydrogen-bond donors (Lipinski definition) is 2. The smallest absolute Gasteiger partial charge is 0.370 e. The number of alkyl halides is 3. The van der Waals surface area contributed by atoms with Gasteiger partial charge in [-0.05, 0) is 36.8 Å². The highest BCUT2D eigenvalue weighted by molar-refractivity contribution is 7.80. The van der Waals surface area contributed by atoms with E-state index in [0.29, 0.717) is 11.4 Å². The molecule has 0 unspecified atom stereocenters. The number of benzene rings is 1. The van der Waals surface area contributed by atoms with Gasteiger partial charge in [0.25, 0.3) is 0 Å². The third kappa shape index (κ3) is 4.06. The average molecular weight is 318 g/mol. The summed E-state index contributed by atoms with van der Waals surface area (Å²) in [5.74, 6) is 0.0221. The van der Waals surface area contributed by atoms with Crippen molar-refractivity contribution in [1.82, 2.24) is 0 Å². The molecule has 0 atom stereocenters. The molecule has 116 valence electrons. The Morgan fingerprint density at radius 2 is 1.95 bits per heavy atom. The highest BCUT2D eigenvalue weighted by Crippen LogP contribution is 2.36. The van der Waals surface area contributed by atoms with E-state index in [1.54, 1.807) is 0 Å². The maximum absolute atomic E-state index is 12.8. The SMILES string of the molecule is O=C(CCS)Nc1cc(C(F)(F)F)ccc1N1CCCC1. The second kappa shape index (κ2) is 6.60. The van der Waals surface area contributed by atoms with Crippen LogP contribution in [-0.2, 0) is 11.0 Å². The van der Waals surface area contributed by atoms with Gasteiger partial charge in [0.1, 0.15) is 0 Å². The molecule has 1 heterocycles. The van der Waals surface area contributed by atoms with Crippen LogP contribution in [0, 0.1) is 0 Å². The highest BCUT2D eigenvalue weighted by Gasteiger charge is 2.31. The van der Waals surface area contributed by atoms with E-state index < -0.39 is 11.7 Å². The minimum Gasteiger partial charge on any atom is -0.370 e. The summed E-state index contributed by atoms with van der Waals surface area (Å²) in [6.45, 7) is 1.58. The number of hydrogen-bond acceptors (Lipinski definition) is 3. The van der Waals surface area contributed by atoms with Crippen LogP contribution in [0.25, 0.3) is 0 Å². The largest absolute Gasteiger partial charge is 0.416 e. The van der Waals surface area contributed by atoms with E-state index in [9.17, 15) is 18.0 Å². The summed E-state index contributed by atoms with van der Waals surface area (Å²) in [6, 6.07) is 3.50. The molecule has 1 N–H and O–H groups in total. The van der Waals surface area contributed by atoms with Gasteiger partial charge in [0.15, 0.2) is 0 Å². The molecule has 1 aromatic carbocycles. The van der Waals surface area contributed by atoms with Crippen molar-refractivity contribution in [3.05, 3.63) is 23.8 Å². The Balaban J connectivity index is 2.32. The molecule has 1 aliphatic heterocycles. The Labute approximate surface area is 126 Å². The Hall–Kier alpha value is -1.37.